The highest BCUT2D eigenvalue weighted by atomic mass is 35.5. The van der Waals surface area contributed by atoms with Crippen LogP contribution in [0.3, 0.4) is 0 Å². The number of benzene rings is 1. The van der Waals surface area contributed by atoms with Crippen LogP contribution in [0.25, 0.3) is 22.2 Å². The van der Waals surface area contributed by atoms with Gasteiger partial charge in [0.15, 0.2) is 5.82 Å². The zero-order chi connectivity index (χ0) is 27.5. The molecular weight excluding hydrogens is 538 g/mol. The van der Waals surface area contributed by atoms with Gasteiger partial charge in [0.2, 0.25) is 5.88 Å². The van der Waals surface area contributed by atoms with Crippen molar-refractivity contribution < 1.29 is 27.4 Å². The Morgan fingerprint density at radius 1 is 1.15 bits per heavy atom. The van der Waals surface area contributed by atoms with E-state index in [9.17, 15) is 18.3 Å². The van der Waals surface area contributed by atoms with E-state index in [1.807, 2.05) is 7.05 Å². The second-order valence-corrected chi connectivity index (χ2v) is 11.0. The van der Waals surface area contributed by atoms with Crippen molar-refractivity contribution in [1.29, 1.82) is 0 Å². The van der Waals surface area contributed by atoms with Crippen molar-refractivity contribution in [2.75, 3.05) is 38.2 Å². The molecule has 3 aliphatic heterocycles. The van der Waals surface area contributed by atoms with Gasteiger partial charge < -0.3 is 25.0 Å². The summed E-state index contributed by atoms with van der Waals surface area (Å²) in [4.78, 5) is 12.9. The molecule has 39 heavy (non-hydrogen) atoms. The third-order valence-electron chi connectivity index (χ3n) is 8.02. The Balaban J connectivity index is 1.48. The zero-order valence-corrected chi connectivity index (χ0v) is 22.0. The van der Waals surface area contributed by atoms with Crippen LogP contribution in [0.15, 0.2) is 24.4 Å². The van der Waals surface area contributed by atoms with Crippen LogP contribution in [0.1, 0.15) is 31.2 Å². The van der Waals surface area contributed by atoms with Gasteiger partial charge in [-0.1, -0.05) is 11.6 Å². The largest absolute Gasteiger partial charge is 0.508 e. The first-order valence-corrected chi connectivity index (χ1v) is 13.4. The molecule has 3 aromatic rings. The Morgan fingerprint density at radius 3 is 2.56 bits per heavy atom. The molecule has 2 N–H and O–H groups in total. The molecule has 0 radical (unpaired) electrons. The standard InChI is InChI=1S/C27H28ClF4N5O2/c1-36-6-2-3-16(36)13-39-22-9-21(37-11-14-4-5-15(12-37)34-14)19-10-33-25(24(29)26(19)35-22)18-7-17(38)8-20(28)23(18)27(30,31)32/h7-10,14-16,34,38H,2-6,11-13H2,1H3/t14?,15?,16-/m0/s1. The number of phenols is 1. The molecule has 1 aromatic carbocycles. The lowest BCUT2D eigenvalue weighted by molar-refractivity contribution is -0.137. The molecule has 208 valence electrons. The number of aromatic hydroxyl groups is 1. The summed E-state index contributed by atoms with van der Waals surface area (Å²) in [6, 6.07) is 4.15. The highest BCUT2D eigenvalue weighted by Gasteiger charge is 2.39. The topological polar surface area (TPSA) is 73.8 Å². The SMILES string of the molecule is CN1CCC[C@H]1COc1cc(N2CC3CCC(C2)N3)c2cnc(-c3cc(O)cc(Cl)c3C(F)(F)F)c(F)c2n1. The quantitative estimate of drug-likeness (QED) is 0.411. The van der Waals surface area contributed by atoms with E-state index in [4.69, 9.17) is 16.3 Å². The lowest BCUT2D eigenvalue weighted by atomic mass is 10.0. The second-order valence-electron chi connectivity index (χ2n) is 10.6. The van der Waals surface area contributed by atoms with Gasteiger partial charge in [-0.15, -0.1) is 0 Å². The minimum absolute atomic E-state index is 0.147. The van der Waals surface area contributed by atoms with Crippen molar-refractivity contribution in [3.8, 4) is 22.9 Å². The first-order valence-electron chi connectivity index (χ1n) is 13.0. The number of likely N-dealkylation sites (tertiary alicyclic amines) is 1. The third kappa shape index (κ3) is 4.96. The number of likely N-dealkylation sites (N-methyl/N-ethyl adjacent to an activating group) is 1. The lowest BCUT2D eigenvalue weighted by Crippen LogP contribution is -2.51. The van der Waals surface area contributed by atoms with Crippen molar-refractivity contribution in [3.05, 3.63) is 40.8 Å². The Labute approximate surface area is 227 Å². The smallest absolute Gasteiger partial charge is 0.418 e. The zero-order valence-electron chi connectivity index (χ0n) is 21.2. The molecule has 5 heterocycles. The summed E-state index contributed by atoms with van der Waals surface area (Å²) < 4.78 is 64.0. The lowest BCUT2D eigenvalue weighted by Gasteiger charge is -2.35. The Bertz CT molecular complexity index is 1410. The summed E-state index contributed by atoms with van der Waals surface area (Å²) in [5.74, 6) is -1.38. The number of anilines is 1. The third-order valence-corrected chi connectivity index (χ3v) is 8.32. The van der Waals surface area contributed by atoms with Gasteiger partial charge in [-0.05, 0) is 51.4 Å². The molecule has 3 fully saturated rings. The number of nitrogens with one attached hydrogen (secondary N) is 1. The Hall–Kier alpha value is -2.89. The number of hydrogen-bond acceptors (Lipinski definition) is 7. The summed E-state index contributed by atoms with van der Waals surface area (Å²) >= 11 is 5.86. The van der Waals surface area contributed by atoms with E-state index < -0.39 is 39.6 Å². The molecule has 7 nitrogen and oxygen atoms in total. The fourth-order valence-corrected chi connectivity index (χ4v) is 6.39. The van der Waals surface area contributed by atoms with Gasteiger partial charge in [0, 0.05) is 54.4 Å². The van der Waals surface area contributed by atoms with Crippen LogP contribution in [0.2, 0.25) is 5.02 Å². The first-order chi connectivity index (χ1) is 18.6. The predicted molar refractivity (Wildman–Crippen MR) is 140 cm³/mol. The van der Waals surface area contributed by atoms with Crippen LogP contribution in [0, 0.1) is 5.82 Å². The van der Waals surface area contributed by atoms with Gasteiger partial charge in [0.05, 0.1) is 16.3 Å². The molecule has 2 aromatic heterocycles. The summed E-state index contributed by atoms with van der Waals surface area (Å²) in [6.07, 6.45) is 0.543. The van der Waals surface area contributed by atoms with Crippen molar-refractivity contribution in [2.45, 2.75) is 50.0 Å². The molecule has 6 rings (SSSR count). The fourth-order valence-electron chi connectivity index (χ4n) is 6.07. The number of halogens is 5. The Morgan fingerprint density at radius 2 is 1.90 bits per heavy atom. The molecule has 12 heteroatoms. The van der Waals surface area contributed by atoms with Crippen LogP contribution in [-0.4, -0.2) is 71.4 Å². The number of piperazine rings is 1. The van der Waals surface area contributed by atoms with E-state index >= 15 is 4.39 Å². The second kappa shape index (κ2) is 9.94. The van der Waals surface area contributed by atoms with Gasteiger partial charge in [-0.2, -0.15) is 13.2 Å². The van der Waals surface area contributed by atoms with Crippen LogP contribution >= 0.6 is 11.6 Å². The molecule has 0 amide bonds. The fraction of sp³-hybridized carbons (Fsp3) is 0.481. The highest BCUT2D eigenvalue weighted by Crippen LogP contribution is 2.45. The minimum atomic E-state index is -4.90. The van der Waals surface area contributed by atoms with E-state index in [0.717, 1.165) is 44.4 Å². The number of fused-ring (bicyclic) bond motifs is 3. The first kappa shape index (κ1) is 26.3. The van der Waals surface area contributed by atoms with Gasteiger partial charge >= 0.3 is 6.18 Å². The maximum Gasteiger partial charge on any atom is 0.418 e. The molecule has 2 bridgehead atoms. The van der Waals surface area contributed by atoms with Crippen molar-refractivity contribution in [3.63, 3.8) is 0 Å². The van der Waals surface area contributed by atoms with E-state index in [1.54, 1.807) is 6.07 Å². The number of phenolic OH excluding ortho intramolecular Hbond substituents is 1. The number of hydrogen-bond donors (Lipinski definition) is 2. The molecule has 2 unspecified atom stereocenters. The number of aromatic nitrogens is 2. The number of alkyl halides is 3. The highest BCUT2D eigenvalue weighted by molar-refractivity contribution is 6.32. The summed E-state index contributed by atoms with van der Waals surface area (Å²) in [5, 5.41) is 13.2. The number of ether oxygens (including phenoxy) is 1. The van der Waals surface area contributed by atoms with Crippen LogP contribution in [0.5, 0.6) is 11.6 Å². The van der Waals surface area contributed by atoms with E-state index in [0.29, 0.717) is 42.9 Å². The van der Waals surface area contributed by atoms with Crippen LogP contribution in [0.4, 0.5) is 23.2 Å². The monoisotopic (exact) mass is 565 g/mol. The van der Waals surface area contributed by atoms with Gasteiger partial charge in [0.25, 0.3) is 0 Å². The number of pyridine rings is 2. The van der Waals surface area contributed by atoms with E-state index in [1.165, 1.54) is 6.20 Å². The van der Waals surface area contributed by atoms with Crippen molar-refractivity contribution >= 4 is 28.2 Å². The summed E-state index contributed by atoms with van der Waals surface area (Å²) in [6.45, 7) is 2.72. The van der Waals surface area contributed by atoms with E-state index in [-0.39, 0.29) is 17.4 Å². The average Bonchev–Trinajstić information content (AvgIpc) is 3.44. The minimum Gasteiger partial charge on any atom is -0.508 e. The Kier molecular flexibility index (Phi) is 6.71. The van der Waals surface area contributed by atoms with Crippen LogP contribution < -0.4 is 15.0 Å². The maximum absolute atomic E-state index is 16.2. The average molecular weight is 566 g/mol. The predicted octanol–water partition coefficient (Wildman–Crippen LogP) is 5.23. The number of nitrogens with zero attached hydrogens (tertiary/aromatic N) is 4. The van der Waals surface area contributed by atoms with Gasteiger partial charge in [-0.25, -0.2) is 9.37 Å². The maximum atomic E-state index is 16.2. The molecule has 0 aliphatic carbocycles. The van der Waals surface area contributed by atoms with Crippen molar-refractivity contribution in [2.24, 2.45) is 0 Å². The number of rotatable bonds is 5. The van der Waals surface area contributed by atoms with E-state index in [2.05, 4.69) is 25.1 Å². The molecule has 0 spiro atoms. The normalized spacial score (nSPS) is 23.6. The van der Waals surface area contributed by atoms with Crippen LogP contribution in [-0.2, 0) is 6.18 Å². The summed E-state index contributed by atoms with van der Waals surface area (Å²) in [7, 11) is 2.02. The van der Waals surface area contributed by atoms with Gasteiger partial charge in [-0.3, -0.25) is 4.98 Å². The molecule has 3 saturated heterocycles. The summed E-state index contributed by atoms with van der Waals surface area (Å²) in [5.41, 5.74) is -2.00. The van der Waals surface area contributed by atoms with Gasteiger partial charge in [0.1, 0.15) is 23.6 Å². The molecule has 3 atom stereocenters. The van der Waals surface area contributed by atoms with Crippen molar-refractivity contribution in [1.82, 2.24) is 20.2 Å². The molecular formula is C27H28ClF4N5O2. The molecule has 3 aliphatic rings. The molecule has 0 saturated carbocycles.